The van der Waals surface area contributed by atoms with Crippen LogP contribution in [-0.4, -0.2) is 50.1 Å². The standard InChI is InChI=1S/C16H21F3N2O4S/c1-2-26(23,24)21-8-6-13(7-9-21)20-15(22)11-25-14-5-3-4-12(10-14)16(17,18)19/h3-5,10,13H,2,6-9,11H2,1H3,(H,20,22). The number of halogens is 3. The number of ether oxygens (including phenoxy) is 1. The van der Waals surface area contributed by atoms with Crippen LogP contribution >= 0.6 is 0 Å². The topological polar surface area (TPSA) is 75.7 Å². The van der Waals surface area contributed by atoms with E-state index < -0.39 is 34.3 Å². The molecule has 0 aromatic heterocycles. The van der Waals surface area contributed by atoms with Gasteiger partial charge in [0.1, 0.15) is 5.75 Å². The molecule has 1 aliphatic heterocycles. The highest BCUT2D eigenvalue weighted by atomic mass is 32.2. The molecular formula is C16H21F3N2O4S. The maximum absolute atomic E-state index is 12.6. The summed E-state index contributed by atoms with van der Waals surface area (Å²) < 4.78 is 68.0. The van der Waals surface area contributed by atoms with Crippen molar-refractivity contribution in [3.8, 4) is 5.75 Å². The minimum absolute atomic E-state index is 0.0366. The second-order valence-corrected chi connectivity index (χ2v) is 8.21. The first-order chi connectivity index (χ1) is 12.1. The number of hydrogen-bond donors (Lipinski definition) is 1. The molecule has 146 valence electrons. The van der Waals surface area contributed by atoms with Crippen molar-refractivity contribution in [1.82, 2.24) is 9.62 Å². The zero-order valence-electron chi connectivity index (χ0n) is 14.3. The quantitative estimate of drug-likeness (QED) is 0.801. The van der Waals surface area contributed by atoms with Crippen molar-refractivity contribution in [2.24, 2.45) is 0 Å². The number of rotatable bonds is 6. The molecule has 1 saturated heterocycles. The molecule has 1 aliphatic rings. The van der Waals surface area contributed by atoms with Crippen molar-refractivity contribution in [3.05, 3.63) is 29.8 Å². The van der Waals surface area contributed by atoms with Gasteiger partial charge >= 0.3 is 6.18 Å². The summed E-state index contributed by atoms with van der Waals surface area (Å²) >= 11 is 0. The van der Waals surface area contributed by atoms with Gasteiger partial charge in [-0.1, -0.05) is 6.07 Å². The van der Waals surface area contributed by atoms with Crippen LogP contribution in [0.1, 0.15) is 25.3 Å². The molecule has 1 amide bonds. The van der Waals surface area contributed by atoms with Gasteiger partial charge in [0.15, 0.2) is 6.61 Å². The number of nitrogens with zero attached hydrogens (tertiary/aromatic N) is 1. The lowest BCUT2D eigenvalue weighted by molar-refractivity contribution is -0.137. The number of piperidine rings is 1. The molecule has 26 heavy (non-hydrogen) atoms. The highest BCUT2D eigenvalue weighted by Crippen LogP contribution is 2.31. The summed E-state index contributed by atoms with van der Waals surface area (Å²) in [4.78, 5) is 11.9. The number of amides is 1. The smallest absolute Gasteiger partial charge is 0.416 e. The summed E-state index contributed by atoms with van der Waals surface area (Å²) in [6.07, 6.45) is -3.52. The molecule has 1 aromatic carbocycles. The van der Waals surface area contributed by atoms with E-state index in [1.54, 1.807) is 6.92 Å². The number of alkyl halides is 3. The first-order valence-electron chi connectivity index (χ1n) is 8.19. The SMILES string of the molecule is CCS(=O)(=O)N1CCC(NC(=O)COc2cccc(C(F)(F)F)c2)CC1. The molecule has 1 N–H and O–H groups in total. The maximum atomic E-state index is 12.6. The summed E-state index contributed by atoms with van der Waals surface area (Å²) in [6, 6.07) is 4.12. The van der Waals surface area contributed by atoms with Crippen LogP contribution in [0.5, 0.6) is 5.75 Å². The molecule has 0 spiro atoms. The minimum Gasteiger partial charge on any atom is -0.484 e. The third-order valence-electron chi connectivity index (χ3n) is 4.11. The van der Waals surface area contributed by atoms with Crippen molar-refractivity contribution in [3.63, 3.8) is 0 Å². The molecule has 1 heterocycles. The van der Waals surface area contributed by atoms with Crippen LogP contribution in [0.15, 0.2) is 24.3 Å². The fourth-order valence-corrected chi connectivity index (χ4v) is 3.77. The second kappa shape index (κ2) is 8.26. The van der Waals surface area contributed by atoms with E-state index in [1.165, 1.54) is 16.4 Å². The highest BCUT2D eigenvalue weighted by molar-refractivity contribution is 7.89. The Labute approximate surface area is 150 Å². The maximum Gasteiger partial charge on any atom is 0.416 e. The zero-order chi connectivity index (χ0) is 19.4. The predicted molar refractivity (Wildman–Crippen MR) is 89.1 cm³/mol. The van der Waals surface area contributed by atoms with Gasteiger partial charge in [0.05, 0.1) is 11.3 Å². The van der Waals surface area contributed by atoms with E-state index in [1.807, 2.05) is 0 Å². The Hall–Kier alpha value is -1.81. The van der Waals surface area contributed by atoms with E-state index in [9.17, 15) is 26.4 Å². The van der Waals surface area contributed by atoms with Crippen molar-refractivity contribution >= 4 is 15.9 Å². The van der Waals surface area contributed by atoms with Crippen molar-refractivity contribution in [1.29, 1.82) is 0 Å². The number of carbonyl (C=O) groups is 1. The number of nitrogens with one attached hydrogen (secondary N) is 1. The summed E-state index contributed by atoms with van der Waals surface area (Å²) in [5, 5.41) is 2.72. The molecule has 0 aliphatic carbocycles. The van der Waals surface area contributed by atoms with E-state index >= 15 is 0 Å². The van der Waals surface area contributed by atoms with Crippen molar-refractivity contribution in [2.75, 3.05) is 25.4 Å². The molecule has 6 nitrogen and oxygen atoms in total. The van der Waals surface area contributed by atoms with Gasteiger partial charge < -0.3 is 10.1 Å². The average Bonchev–Trinajstić information content (AvgIpc) is 2.60. The fraction of sp³-hybridized carbons (Fsp3) is 0.562. The van der Waals surface area contributed by atoms with E-state index in [0.29, 0.717) is 25.9 Å². The zero-order valence-corrected chi connectivity index (χ0v) is 15.1. The van der Waals surface area contributed by atoms with E-state index in [2.05, 4.69) is 5.32 Å². The number of sulfonamides is 1. The molecule has 10 heteroatoms. The van der Waals surface area contributed by atoms with E-state index in [-0.39, 0.29) is 17.5 Å². The third kappa shape index (κ3) is 5.60. The van der Waals surface area contributed by atoms with Gasteiger partial charge in [-0.2, -0.15) is 13.2 Å². The Kier molecular flexibility index (Phi) is 6.51. The van der Waals surface area contributed by atoms with Crippen LogP contribution in [0.2, 0.25) is 0 Å². The largest absolute Gasteiger partial charge is 0.484 e. The van der Waals surface area contributed by atoms with E-state index in [4.69, 9.17) is 4.74 Å². The van der Waals surface area contributed by atoms with Gasteiger partial charge in [-0.05, 0) is 38.0 Å². The van der Waals surface area contributed by atoms with Crippen LogP contribution in [0.25, 0.3) is 0 Å². The number of carbonyl (C=O) groups excluding carboxylic acids is 1. The summed E-state index contributed by atoms with van der Waals surface area (Å²) in [6.45, 7) is 1.83. The first-order valence-corrected chi connectivity index (χ1v) is 9.80. The molecule has 0 radical (unpaired) electrons. The third-order valence-corrected chi connectivity index (χ3v) is 5.99. The highest BCUT2D eigenvalue weighted by Gasteiger charge is 2.31. The molecular weight excluding hydrogens is 373 g/mol. The van der Waals surface area contributed by atoms with Crippen LogP contribution in [0.3, 0.4) is 0 Å². The Morgan fingerprint density at radius 1 is 1.31 bits per heavy atom. The predicted octanol–water partition coefficient (Wildman–Crippen LogP) is 2.01. The molecule has 1 fully saturated rings. The Balaban J connectivity index is 1.80. The van der Waals surface area contributed by atoms with Crippen LogP contribution in [0, 0.1) is 0 Å². The number of hydrogen-bond acceptors (Lipinski definition) is 4. The van der Waals surface area contributed by atoms with Gasteiger partial charge in [-0.3, -0.25) is 4.79 Å². The molecule has 0 saturated carbocycles. The van der Waals surface area contributed by atoms with Crippen molar-refractivity contribution < 1.29 is 31.1 Å². The first kappa shape index (κ1) is 20.5. The monoisotopic (exact) mass is 394 g/mol. The Morgan fingerprint density at radius 2 is 1.96 bits per heavy atom. The van der Waals surface area contributed by atoms with Gasteiger partial charge in [-0.15, -0.1) is 0 Å². The van der Waals surface area contributed by atoms with Crippen LogP contribution in [-0.2, 0) is 21.0 Å². The summed E-state index contributed by atoms with van der Waals surface area (Å²) in [5.74, 6) is -0.465. The van der Waals surface area contributed by atoms with Gasteiger partial charge in [0.25, 0.3) is 5.91 Å². The lowest BCUT2D eigenvalue weighted by Crippen LogP contribution is -2.47. The van der Waals surface area contributed by atoms with Gasteiger partial charge in [0, 0.05) is 19.1 Å². The van der Waals surface area contributed by atoms with Crippen LogP contribution in [0.4, 0.5) is 13.2 Å². The summed E-state index contributed by atoms with van der Waals surface area (Å²) in [7, 11) is -3.23. The minimum atomic E-state index is -4.48. The lowest BCUT2D eigenvalue weighted by Gasteiger charge is -2.31. The lowest BCUT2D eigenvalue weighted by atomic mass is 10.1. The Bertz CT molecular complexity index is 729. The molecule has 0 atom stereocenters. The fourth-order valence-electron chi connectivity index (χ4n) is 2.64. The number of benzene rings is 1. The normalized spacial score (nSPS) is 17.1. The van der Waals surface area contributed by atoms with Crippen molar-refractivity contribution in [2.45, 2.75) is 32.0 Å². The van der Waals surface area contributed by atoms with Crippen LogP contribution < -0.4 is 10.1 Å². The summed E-state index contributed by atoms with van der Waals surface area (Å²) in [5.41, 5.74) is -0.847. The molecule has 1 aromatic rings. The van der Waals surface area contributed by atoms with Gasteiger partial charge in [-0.25, -0.2) is 12.7 Å². The molecule has 0 bridgehead atoms. The Morgan fingerprint density at radius 3 is 2.54 bits per heavy atom. The van der Waals surface area contributed by atoms with E-state index in [0.717, 1.165) is 12.1 Å². The van der Waals surface area contributed by atoms with Gasteiger partial charge in [0.2, 0.25) is 10.0 Å². The second-order valence-electron chi connectivity index (χ2n) is 5.96. The molecule has 2 rings (SSSR count). The molecule has 0 unspecified atom stereocenters. The average molecular weight is 394 g/mol.